The topological polar surface area (TPSA) is 62.3 Å². The quantitative estimate of drug-likeness (QED) is 0.571. The molecule has 1 fully saturated rings. The van der Waals surface area contributed by atoms with Gasteiger partial charge in [-0.25, -0.2) is 4.98 Å². The molecule has 154 valence electrons. The van der Waals surface area contributed by atoms with Crippen molar-refractivity contribution in [3.63, 3.8) is 0 Å². The number of fused-ring (bicyclic) bond motifs is 1. The smallest absolute Gasteiger partial charge is 0.224 e. The number of benzene rings is 1. The van der Waals surface area contributed by atoms with E-state index in [-0.39, 0.29) is 23.7 Å². The van der Waals surface area contributed by atoms with E-state index in [9.17, 15) is 9.59 Å². The molecule has 2 aliphatic rings. The molecule has 0 spiro atoms. The number of carbonyl (C=O) groups is 2. The number of nitrogens with zero attached hydrogens (tertiary/aromatic N) is 2. The standard InChI is InChI=1S/C23H29N3O2S/c27-21-13-2-1-7-15-26(21)16-8-14-24-22(28)17-9-3-4-10-18(17)23-25-19-11-5-6-12-20(19)29-23/h3-6,11-12,17-18H,1-2,7-10,13-16H2,(H,24,28). The first-order valence-corrected chi connectivity index (χ1v) is 11.6. The first-order chi connectivity index (χ1) is 14.2. The van der Waals surface area contributed by atoms with Crippen molar-refractivity contribution in [2.24, 2.45) is 5.92 Å². The molecule has 0 radical (unpaired) electrons. The summed E-state index contributed by atoms with van der Waals surface area (Å²) in [6.45, 7) is 2.22. The van der Waals surface area contributed by atoms with Gasteiger partial charge in [-0.2, -0.15) is 0 Å². The summed E-state index contributed by atoms with van der Waals surface area (Å²) in [6.07, 6.45) is 10.6. The highest BCUT2D eigenvalue weighted by Gasteiger charge is 2.32. The fraction of sp³-hybridized carbons (Fsp3) is 0.522. The Bertz CT molecular complexity index is 858. The Labute approximate surface area is 176 Å². The summed E-state index contributed by atoms with van der Waals surface area (Å²) in [4.78, 5) is 31.8. The molecule has 1 aliphatic heterocycles. The van der Waals surface area contributed by atoms with E-state index in [2.05, 4.69) is 23.5 Å². The molecule has 29 heavy (non-hydrogen) atoms. The highest BCUT2D eigenvalue weighted by Crippen LogP contribution is 2.38. The molecule has 4 rings (SSSR count). The van der Waals surface area contributed by atoms with Crippen LogP contribution >= 0.6 is 11.3 Å². The van der Waals surface area contributed by atoms with E-state index >= 15 is 0 Å². The van der Waals surface area contributed by atoms with Crippen LogP contribution < -0.4 is 5.32 Å². The van der Waals surface area contributed by atoms with Crippen molar-refractivity contribution in [1.82, 2.24) is 15.2 Å². The van der Waals surface area contributed by atoms with E-state index in [1.165, 1.54) is 4.70 Å². The molecule has 1 aromatic carbocycles. The zero-order valence-corrected chi connectivity index (χ0v) is 17.6. The molecular formula is C23H29N3O2S. The van der Waals surface area contributed by atoms with Crippen LogP contribution in [-0.2, 0) is 9.59 Å². The van der Waals surface area contributed by atoms with Crippen LogP contribution in [0.15, 0.2) is 36.4 Å². The van der Waals surface area contributed by atoms with E-state index in [1.54, 1.807) is 11.3 Å². The average Bonchev–Trinajstić information content (AvgIpc) is 3.08. The molecule has 5 nitrogen and oxygen atoms in total. The minimum atomic E-state index is -0.0691. The summed E-state index contributed by atoms with van der Waals surface area (Å²) >= 11 is 1.71. The third-order valence-electron chi connectivity index (χ3n) is 5.97. The van der Waals surface area contributed by atoms with E-state index in [0.29, 0.717) is 13.0 Å². The van der Waals surface area contributed by atoms with Crippen molar-refractivity contribution in [2.45, 2.75) is 50.9 Å². The number of hydrogen-bond acceptors (Lipinski definition) is 4. The van der Waals surface area contributed by atoms with Gasteiger partial charge in [-0.15, -0.1) is 11.3 Å². The largest absolute Gasteiger partial charge is 0.356 e. The van der Waals surface area contributed by atoms with Gasteiger partial charge in [-0.3, -0.25) is 9.59 Å². The van der Waals surface area contributed by atoms with Gasteiger partial charge in [0.15, 0.2) is 0 Å². The Morgan fingerprint density at radius 3 is 2.93 bits per heavy atom. The van der Waals surface area contributed by atoms with Crippen molar-refractivity contribution < 1.29 is 9.59 Å². The summed E-state index contributed by atoms with van der Waals surface area (Å²) in [7, 11) is 0. The molecule has 1 aromatic heterocycles. The monoisotopic (exact) mass is 411 g/mol. The van der Waals surface area contributed by atoms with Crippen LogP contribution in [0.25, 0.3) is 10.2 Å². The van der Waals surface area contributed by atoms with Gasteiger partial charge in [0, 0.05) is 32.0 Å². The molecule has 2 aromatic rings. The molecule has 6 heteroatoms. The first kappa shape index (κ1) is 20.1. The van der Waals surface area contributed by atoms with Gasteiger partial charge in [0.25, 0.3) is 0 Å². The molecular weight excluding hydrogens is 382 g/mol. The molecule has 2 atom stereocenters. The molecule has 1 saturated heterocycles. The van der Waals surface area contributed by atoms with Gasteiger partial charge in [-0.05, 0) is 44.2 Å². The molecule has 2 amide bonds. The van der Waals surface area contributed by atoms with Gasteiger partial charge >= 0.3 is 0 Å². The summed E-state index contributed by atoms with van der Waals surface area (Å²) in [5.74, 6) is 0.452. The minimum Gasteiger partial charge on any atom is -0.356 e. The lowest BCUT2D eigenvalue weighted by atomic mass is 9.82. The van der Waals surface area contributed by atoms with Crippen molar-refractivity contribution in [2.75, 3.05) is 19.6 Å². The van der Waals surface area contributed by atoms with Crippen LogP contribution in [0, 0.1) is 5.92 Å². The van der Waals surface area contributed by atoms with Crippen molar-refractivity contribution in [3.8, 4) is 0 Å². The number of aromatic nitrogens is 1. The Kier molecular flexibility index (Phi) is 6.60. The first-order valence-electron chi connectivity index (χ1n) is 10.8. The second kappa shape index (κ2) is 9.53. The van der Waals surface area contributed by atoms with Crippen LogP contribution in [-0.4, -0.2) is 41.3 Å². The van der Waals surface area contributed by atoms with E-state index in [0.717, 1.165) is 62.1 Å². The second-order valence-electron chi connectivity index (χ2n) is 8.01. The number of hydrogen-bond donors (Lipinski definition) is 1. The number of thiazole rings is 1. The Hall–Kier alpha value is -2.21. The minimum absolute atomic E-state index is 0.0691. The van der Waals surface area contributed by atoms with Crippen molar-refractivity contribution in [1.29, 1.82) is 0 Å². The average molecular weight is 412 g/mol. The van der Waals surface area contributed by atoms with Crippen molar-refractivity contribution in [3.05, 3.63) is 41.4 Å². The third kappa shape index (κ3) is 4.86. The molecule has 1 aliphatic carbocycles. The Balaban J connectivity index is 1.33. The number of rotatable bonds is 6. The second-order valence-corrected chi connectivity index (χ2v) is 9.07. The zero-order chi connectivity index (χ0) is 20.1. The van der Waals surface area contributed by atoms with Gasteiger partial charge in [0.2, 0.25) is 11.8 Å². The SMILES string of the molecule is O=C(NCCCN1CCCCCC1=O)C1CC=CCC1c1nc2ccccc2s1. The number of amides is 2. The maximum Gasteiger partial charge on any atom is 0.224 e. The number of nitrogens with one attached hydrogen (secondary N) is 1. The lowest BCUT2D eigenvalue weighted by Crippen LogP contribution is -2.37. The van der Waals surface area contributed by atoms with Crippen LogP contribution in [0.2, 0.25) is 0 Å². The summed E-state index contributed by atoms with van der Waals surface area (Å²) in [5.41, 5.74) is 1.02. The van der Waals surface area contributed by atoms with E-state index in [4.69, 9.17) is 4.98 Å². The zero-order valence-electron chi connectivity index (χ0n) is 16.8. The molecule has 2 heterocycles. The predicted molar refractivity (Wildman–Crippen MR) is 117 cm³/mol. The Morgan fingerprint density at radius 1 is 1.17 bits per heavy atom. The van der Waals surface area contributed by atoms with Crippen LogP contribution in [0.5, 0.6) is 0 Å². The van der Waals surface area contributed by atoms with E-state index in [1.807, 2.05) is 23.1 Å². The molecule has 0 bridgehead atoms. The van der Waals surface area contributed by atoms with Gasteiger partial charge < -0.3 is 10.2 Å². The van der Waals surface area contributed by atoms with Crippen molar-refractivity contribution >= 4 is 33.4 Å². The normalized spacial score (nSPS) is 22.6. The maximum atomic E-state index is 12.9. The number of para-hydroxylation sites is 1. The lowest BCUT2D eigenvalue weighted by molar-refractivity contribution is -0.130. The highest BCUT2D eigenvalue weighted by atomic mass is 32.1. The molecule has 1 N–H and O–H groups in total. The van der Waals surface area contributed by atoms with Gasteiger partial charge in [0.05, 0.1) is 21.1 Å². The van der Waals surface area contributed by atoms with Crippen LogP contribution in [0.1, 0.15) is 55.9 Å². The number of allylic oxidation sites excluding steroid dienone is 2. The third-order valence-corrected chi connectivity index (χ3v) is 7.14. The lowest BCUT2D eigenvalue weighted by Gasteiger charge is -2.26. The highest BCUT2D eigenvalue weighted by molar-refractivity contribution is 7.18. The predicted octanol–water partition coefficient (Wildman–Crippen LogP) is 4.26. The number of carbonyl (C=O) groups excluding carboxylic acids is 2. The van der Waals surface area contributed by atoms with Crippen LogP contribution in [0.3, 0.4) is 0 Å². The molecule has 2 unspecified atom stereocenters. The summed E-state index contributed by atoms with van der Waals surface area (Å²) < 4.78 is 1.18. The Morgan fingerprint density at radius 2 is 2.03 bits per heavy atom. The van der Waals surface area contributed by atoms with Crippen LogP contribution in [0.4, 0.5) is 0 Å². The fourth-order valence-corrected chi connectivity index (χ4v) is 5.46. The summed E-state index contributed by atoms with van der Waals surface area (Å²) in [5, 5.41) is 4.18. The summed E-state index contributed by atoms with van der Waals surface area (Å²) in [6, 6.07) is 8.16. The van der Waals surface area contributed by atoms with Gasteiger partial charge in [0.1, 0.15) is 0 Å². The van der Waals surface area contributed by atoms with E-state index < -0.39 is 0 Å². The van der Waals surface area contributed by atoms with Gasteiger partial charge in [-0.1, -0.05) is 30.7 Å². The fourth-order valence-electron chi connectivity index (χ4n) is 4.31. The maximum absolute atomic E-state index is 12.9. The number of likely N-dealkylation sites (tertiary alicyclic amines) is 1. The molecule has 0 saturated carbocycles.